The molecular weight excluding hydrogens is 337 g/mol. The summed E-state index contributed by atoms with van der Waals surface area (Å²) in [5.74, 6) is 0.530. The lowest BCUT2D eigenvalue weighted by Gasteiger charge is -2.15. The van der Waals surface area contributed by atoms with Gasteiger partial charge in [-0.15, -0.1) is 37.2 Å². The number of aliphatic hydroxyl groups excluding tert-OH is 1. The van der Waals surface area contributed by atoms with Crippen LogP contribution < -0.4 is 21.5 Å². The van der Waals surface area contributed by atoms with Gasteiger partial charge in [-0.3, -0.25) is 0 Å². The van der Waals surface area contributed by atoms with Crippen LogP contribution in [0.1, 0.15) is 18.9 Å². The van der Waals surface area contributed by atoms with Crippen molar-refractivity contribution in [3.05, 3.63) is 17.7 Å². The number of benzene rings is 1. The van der Waals surface area contributed by atoms with Crippen LogP contribution in [0.5, 0.6) is 5.75 Å². The van der Waals surface area contributed by atoms with E-state index in [2.05, 4.69) is 12.2 Å². The first kappa shape index (κ1) is 25.4. The predicted molar refractivity (Wildman–Crippen MR) is 96.4 cm³/mol. The van der Waals surface area contributed by atoms with Gasteiger partial charge in [-0.2, -0.15) is 0 Å². The first-order valence-electron chi connectivity index (χ1n) is 6.21. The van der Waals surface area contributed by atoms with Gasteiger partial charge in [0.05, 0.1) is 11.4 Å². The highest BCUT2D eigenvalue weighted by Gasteiger charge is 2.09. The Hall–Kier alpha value is -0.590. The van der Waals surface area contributed by atoms with E-state index >= 15 is 0 Å². The summed E-state index contributed by atoms with van der Waals surface area (Å²) in [4.78, 5) is 0. The zero-order valence-electron chi connectivity index (χ0n) is 12.3. The Kier molecular flexibility index (Phi) is 15.8. The quantitative estimate of drug-likeness (QED) is 0.440. The number of rotatable bonds is 7. The number of ether oxygens (including phenoxy) is 1. The minimum absolute atomic E-state index is 0. The molecule has 1 aromatic carbocycles. The summed E-state index contributed by atoms with van der Waals surface area (Å²) in [6, 6.07) is 3.61. The third-order valence-corrected chi connectivity index (χ3v) is 2.56. The molecule has 8 heteroatoms. The third kappa shape index (κ3) is 9.11. The molecule has 5 nitrogen and oxygen atoms in total. The van der Waals surface area contributed by atoms with Gasteiger partial charge in [0.1, 0.15) is 18.5 Å². The lowest BCUT2D eigenvalue weighted by Crippen LogP contribution is -2.31. The molecule has 0 radical (unpaired) electrons. The Labute approximate surface area is 145 Å². The molecule has 21 heavy (non-hydrogen) atoms. The molecule has 0 spiro atoms. The minimum atomic E-state index is -0.558. The Morgan fingerprint density at radius 3 is 2.43 bits per heavy atom. The van der Waals surface area contributed by atoms with Gasteiger partial charge in [0.25, 0.3) is 0 Å². The number of aliphatic hydroxyl groups is 1. The monoisotopic (exact) mass is 361 g/mol. The van der Waals surface area contributed by atoms with E-state index < -0.39 is 6.10 Å². The molecule has 0 aliphatic carbocycles. The maximum atomic E-state index is 9.71. The van der Waals surface area contributed by atoms with Crippen LogP contribution in [-0.2, 0) is 0 Å². The minimum Gasteiger partial charge on any atom is -0.489 e. The summed E-state index contributed by atoms with van der Waals surface area (Å²) >= 11 is 0. The van der Waals surface area contributed by atoms with E-state index in [1.165, 1.54) is 0 Å². The zero-order chi connectivity index (χ0) is 13.5. The highest BCUT2D eigenvalue weighted by atomic mass is 35.5. The maximum Gasteiger partial charge on any atom is 0.144 e. The van der Waals surface area contributed by atoms with Gasteiger partial charge in [0.15, 0.2) is 0 Å². The second kappa shape index (κ2) is 13.1. The van der Waals surface area contributed by atoms with Gasteiger partial charge >= 0.3 is 0 Å². The summed E-state index contributed by atoms with van der Waals surface area (Å²) in [5, 5.41) is 12.8. The van der Waals surface area contributed by atoms with Crippen molar-refractivity contribution < 1.29 is 9.84 Å². The number of hydrogen-bond acceptors (Lipinski definition) is 5. The number of aryl methyl sites for hydroxylation is 1. The molecule has 0 aromatic heterocycles. The van der Waals surface area contributed by atoms with E-state index in [4.69, 9.17) is 16.2 Å². The van der Waals surface area contributed by atoms with Gasteiger partial charge < -0.3 is 26.6 Å². The standard InChI is InChI=1S/C13H23N3O2.3ClH/c1-3-4-16-7-10(17)8-18-12-6-9(2)5-11(14)13(12)15;;;/h5-6,10,16-17H,3-4,7-8,14-15H2,1-2H3;3*1H. The maximum absolute atomic E-state index is 9.71. The molecule has 0 bridgehead atoms. The second-order valence-corrected chi connectivity index (χ2v) is 4.43. The third-order valence-electron chi connectivity index (χ3n) is 2.56. The van der Waals surface area contributed by atoms with Gasteiger partial charge in [0, 0.05) is 6.54 Å². The van der Waals surface area contributed by atoms with E-state index in [1.807, 2.05) is 13.0 Å². The largest absolute Gasteiger partial charge is 0.489 e. The van der Waals surface area contributed by atoms with Crippen molar-refractivity contribution in [3.63, 3.8) is 0 Å². The van der Waals surface area contributed by atoms with E-state index in [1.54, 1.807) is 6.07 Å². The summed E-state index contributed by atoms with van der Waals surface area (Å²) in [5.41, 5.74) is 13.5. The number of nitrogens with one attached hydrogen (secondary N) is 1. The lowest BCUT2D eigenvalue weighted by molar-refractivity contribution is 0.107. The molecule has 0 amide bonds. The molecule has 1 aromatic rings. The Morgan fingerprint density at radius 1 is 1.24 bits per heavy atom. The number of halogens is 3. The molecule has 0 saturated carbocycles. The van der Waals surface area contributed by atoms with Gasteiger partial charge in [-0.1, -0.05) is 6.92 Å². The number of nitrogen functional groups attached to an aromatic ring is 2. The van der Waals surface area contributed by atoms with Crippen LogP contribution >= 0.6 is 37.2 Å². The lowest BCUT2D eigenvalue weighted by atomic mass is 10.2. The highest BCUT2D eigenvalue weighted by Crippen LogP contribution is 2.29. The molecule has 0 saturated heterocycles. The predicted octanol–water partition coefficient (Wildman–Crippen LogP) is 2.16. The molecule has 1 rings (SSSR count). The zero-order valence-corrected chi connectivity index (χ0v) is 14.7. The second-order valence-electron chi connectivity index (χ2n) is 4.43. The molecule has 0 aliphatic rings. The van der Waals surface area contributed by atoms with Gasteiger partial charge in [-0.25, -0.2) is 0 Å². The Morgan fingerprint density at radius 2 is 1.86 bits per heavy atom. The summed E-state index contributed by atoms with van der Waals surface area (Å²) in [6.45, 7) is 5.59. The summed E-state index contributed by atoms with van der Waals surface area (Å²) < 4.78 is 5.50. The fraction of sp³-hybridized carbons (Fsp3) is 0.538. The van der Waals surface area contributed by atoms with E-state index in [-0.39, 0.29) is 43.8 Å². The van der Waals surface area contributed by atoms with Crippen LogP contribution in [0, 0.1) is 6.92 Å². The summed E-state index contributed by atoms with van der Waals surface area (Å²) in [6.07, 6.45) is 0.479. The number of anilines is 2. The fourth-order valence-corrected chi connectivity index (χ4v) is 1.60. The van der Waals surface area contributed by atoms with Crippen LogP contribution in [0.2, 0.25) is 0 Å². The van der Waals surface area contributed by atoms with Crippen LogP contribution in [-0.4, -0.2) is 30.9 Å². The Balaban J connectivity index is -0.00000108. The van der Waals surface area contributed by atoms with Crippen molar-refractivity contribution in [1.82, 2.24) is 5.32 Å². The topological polar surface area (TPSA) is 93.5 Å². The number of nitrogens with two attached hydrogens (primary N) is 2. The average Bonchev–Trinajstić information content (AvgIpc) is 2.32. The number of hydrogen-bond donors (Lipinski definition) is 4. The van der Waals surface area contributed by atoms with Crippen LogP contribution in [0.4, 0.5) is 11.4 Å². The average molecular weight is 363 g/mol. The van der Waals surface area contributed by atoms with E-state index in [0.717, 1.165) is 18.5 Å². The van der Waals surface area contributed by atoms with Crippen molar-refractivity contribution in [2.75, 3.05) is 31.2 Å². The van der Waals surface area contributed by atoms with Crippen molar-refractivity contribution in [1.29, 1.82) is 0 Å². The first-order chi connectivity index (χ1) is 8.54. The Bertz CT molecular complexity index is 395. The van der Waals surface area contributed by atoms with Crippen molar-refractivity contribution in [3.8, 4) is 5.75 Å². The molecule has 1 unspecified atom stereocenters. The fourth-order valence-electron chi connectivity index (χ4n) is 1.60. The van der Waals surface area contributed by atoms with Gasteiger partial charge in [-0.05, 0) is 37.6 Å². The smallest absolute Gasteiger partial charge is 0.144 e. The molecule has 0 aliphatic heterocycles. The summed E-state index contributed by atoms with van der Waals surface area (Å²) in [7, 11) is 0. The van der Waals surface area contributed by atoms with Crippen LogP contribution in [0.3, 0.4) is 0 Å². The van der Waals surface area contributed by atoms with Crippen LogP contribution in [0.15, 0.2) is 12.1 Å². The van der Waals surface area contributed by atoms with Crippen molar-refractivity contribution >= 4 is 48.6 Å². The molecule has 126 valence electrons. The van der Waals surface area contributed by atoms with Gasteiger partial charge in [0.2, 0.25) is 0 Å². The van der Waals surface area contributed by atoms with Crippen LogP contribution in [0.25, 0.3) is 0 Å². The normalized spacial score (nSPS) is 10.6. The SMILES string of the molecule is CCCNCC(O)COc1cc(C)cc(N)c1N.Cl.Cl.Cl. The van der Waals surface area contributed by atoms with Crippen molar-refractivity contribution in [2.45, 2.75) is 26.4 Å². The molecular formula is C13H26Cl3N3O2. The molecule has 6 N–H and O–H groups in total. The van der Waals surface area contributed by atoms with E-state index in [9.17, 15) is 5.11 Å². The highest BCUT2D eigenvalue weighted by molar-refractivity contribution is 5.86. The molecule has 1 atom stereocenters. The van der Waals surface area contributed by atoms with E-state index in [0.29, 0.717) is 23.7 Å². The first-order valence-corrected chi connectivity index (χ1v) is 6.21. The van der Waals surface area contributed by atoms with Crippen molar-refractivity contribution in [2.24, 2.45) is 0 Å². The molecule has 0 heterocycles. The molecule has 0 fully saturated rings.